The number of carbonyl (C=O) groups excluding carboxylic acids is 2. The normalized spacial score (nSPS) is 16.1. The van der Waals surface area contributed by atoms with Crippen LogP contribution in [0.2, 0.25) is 0 Å². The number of nitrogens with one attached hydrogen (secondary N) is 2. The van der Waals surface area contributed by atoms with Crippen LogP contribution >= 0.6 is 0 Å². The van der Waals surface area contributed by atoms with Crippen LogP contribution in [-0.4, -0.2) is 41.8 Å². The number of carboxylic acids is 1. The third-order valence-corrected chi connectivity index (χ3v) is 6.87. The monoisotopic (exact) mass is 464 g/mol. The number of benzene rings is 2. The lowest BCUT2D eigenvalue weighted by Crippen LogP contribution is -2.49. The molecule has 3 N–H and O–H groups in total. The number of amides is 2. The maximum atomic E-state index is 12.3. The number of alkyl carbamates (subject to hydrolysis) is 1. The minimum Gasteiger partial charge on any atom is -0.481 e. The van der Waals surface area contributed by atoms with Gasteiger partial charge in [-0.2, -0.15) is 0 Å². The van der Waals surface area contributed by atoms with Crippen LogP contribution in [0.25, 0.3) is 11.1 Å². The summed E-state index contributed by atoms with van der Waals surface area (Å²) in [7, 11) is 0. The Labute approximate surface area is 199 Å². The van der Waals surface area contributed by atoms with Gasteiger partial charge in [0.1, 0.15) is 6.61 Å². The van der Waals surface area contributed by atoms with Crippen molar-refractivity contribution in [3.05, 3.63) is 59.7 Å². The Morgan fingerprint density at radius 2 is 1.62 bits per heavy atom. The summed E-state index contributed by atoms with van der Waals surface area (Å²) in [5, 5.41) is 14.8. The third-order valence-electron chi connectivity index (χ3n) is 6.87. The van der Waals surface area contributed by atoms with Crippen LogP contribution in [-0.2, 0) is 14.3 Å². The summed E-state index contributed by atoms with van der Waals surface area (Å²) in [5.74, 6) is -0.782. The number of aliphatic carboxylic acids is 1. The third kappa shape index (κ3) is 5.58. The molecule has 4 rings (SSSR count). The van der Waals surface area contributed by atoms with E-state index in [2.05, 4.69) is 34.9 Å². The molecule has 0 spiro atoms. The van der Waals surface area contributed by atoms with Gasteiger partial charge in [0.2, 0.25) is 5.91 Å². The van der Waals surface area contributed by atoms with Gasteiger partial charge in [0.15, 0.2) is 0 Å². The van der Waals surface area contributed by atoms with Crippen molar-refractivity contribution in [3.63, 3.8) is 0 Å². The molecule has 0 saturated heterocycles. The number of rotatable bonds is 11. The molecule has 7 heteroatoms. The Hall–Kier alpha value is -3.35. The summed E-state index contributed by atoms with van der Waals surface area (Å²) in [6.07, 6.45) is 2.91. The van der Waals surface area contributed by atoms with Crippen LogP contribution in [0, 0.1) is 5.92 Å². The van der Waals surface area contributed by atoms with Gasteiger partial charge in [-0.15, -0.1) is 0 Å². The number of fused-ring (bicyclic) bond motifs is 3. The van der Waals surface area contributed by atoms with E-state index in [4.69, 9.17) is 9.84 Å². The van der Waals surface area contributed by atoms with Gasteiger partial charge in [0.05, 0.1) is 12.0 Å². The molecule has 0 aliphatic heterocycles. The summed E-state index contributed by atoms with van der Waals surface area (Å²) in [5.41, 5.74) is 4.04. The number of ether oxygens (including phenoxy) is 1. The van der Waals surface area contributed by atoms with Crippen LogP contribution in [0.5, 0.6) is 0 Å². The van der Waals surface area contributed by atoms with Crippen molar-refractivity contribution in [1.82, 2.24) is 10.6 Å². The van der Waals surface area contributed by atoms with E-state index in [9.17, 15) is 14.4 Å². The first-order valence-corrected chi connectivity index (χ1v) is 12.0. The molecule has 1 fully saturated rings. The van der Waals surface area contributed by atoms with Crippen LogP contribution in [0.15, 0.2) is 48.5 Å². The zero-order valence-electron chi connectivity index (χ0n) is 19.5. The van der Waals surface area contributed by atoms with Crippen LogP contribution < -0.4 is 10.6 Å². The number of hydrogen-bond donors (Lipinski definition) is 3. The Bertz CT molecular complexity index is 1020. The first-order valence-electron chi connectivity index (χ1n) is 12.0. The van der Waals surface area contributed by atoms with Crippen molar-refractivity contribution >= 4 is 18.0 Å². The summed E-state index contributed by atoms with van der Waals surface area (Å²) < 4.78 is 5.52. The fourth-order valence-corrected chi connectivity index (χ4v) is 4.96. The molecule has 2 aliphatic carbocycles. The highest BCUT2D eigenvalue weighted by atomic mass is 16.5. The van der Waals surface area contributed by atoms with Crippen LogP contribution in [0.3, 0.4) is 0 Å². The van der Waals surface area contributed by atoms with E-state index >= 15 is 0 Å². The van der Waals surface area contributed by atoms with Crippen molar-refractivity contribution in [2.45, 2.75) is 56.9 Å². The van der Waals surface area contributed by atoms with E-state index < -0.39 is 17.6 Å². The van der Waals surface area contributed by atoms with E-state index in [1.165, 1.54) is 22.3 Å². The minimum atomic E-state index is -0.901. The number of carbonyl (C=O) groups is 3. The zero-order chi connectivity index (χ0) is 24.1. The largest absolute Gasteiger partial charge is 0.481 e. The molecule has 1 atom stereocenters. The second kappa shape index (κ2) is 10.3. The van der Waals surface area contributed by atoms with Crippen molar-refractivity contribution in [2.24, 2.45) is 5.92 Å². The molecular formula is C27H32N2O5. The van der Waals surface area contributed by atoms with Gasteiger partial charge in [-0.1, -0.05) is 48.5 Å². The molecule has 7 nitrogen and oxygen atoms in total. The van der Waals surface area contributed by atoms with Crippen LogP contribution in [0.4, 0.5) is 4.79 Å². The maximum Gasteiger partial charge on any atom is 0.407 e. The van der Waals surface area contributed by atoms with E-state index in [0.717, 1.165) is 12.8 Å². The molecular weight excluding hydrogens is 432 g/mol. The fraction of sp³-hybridized carbons (Fsp3) is 0.444. The fourth-order valence-electron chi connectivity index (χ4n) is 4.96. The summed E-state index contributed by atoms with van der Waals surface area (Å²) in [4.78, 5) is 35.7. The topological polar surface area (TPSA) is 105 Å². The first kappa shape index (κ1) is 23.8. The van der Waals surface area contributed by atoms with Gasteiger partial charge in [-0.3, -0.25) is 9.59 Å². The van der Waals surface area contributed by atoms with Gasteiger partial charge in [0.25, 0.3) is 0 Å². The van der Waals surface area contributed by atoms with E-state index in [0.29, 0.717) is 25.8 Å². The standard InChI is InChI=1S/C27H32N2O5/c1-27(16-25(31)32,18-13-14-18)29-24(30)12-6-7-15-28-26(33)34-17-23-21-10-4-2-8-19(21)20-9-3-5-11-22(20)23/h2-5,8-11,18,23H,6-7,12-17H2,1H3,(H,28,33)(H,29,30)(H,31,32). The Morgan fingerprint density at radius 3 is 2.21 bits per heavy atom. The Morgan fingerprint density at radius 1 is 1.00 bits per heavy atom. The molecule has 34 heavy (non-hydrogen) atoms. The summed E-state index contributed by atoms with van der Waals surface area (Å²) in [6.45, 7) is 2.50. The SMILES string of the molecule is CC(CC(=O)O)(NC(=O)CCCCNC(=O)OCC1c2ccccc2-c2ccccc21)C1CC1. The van der Waals surface area contributed by atoms with E-state index in [1.54, 1.807) is 0 Å². The highest BCUT2D eigenvalue weighted by Crippen LogP contribution is 2.44. The lowest BCUT2D eigenvalue weighted by molar-refractivity contribution is -0.139. The van der Waals surface area contributed by atoms with E-state index in [1.807, 2.05) is 31.2 Å². The van der Waals surface area contributed by atoms with Crippen molar-refractivity contribution in [3.8, 4) is 11.1 Å². The highest BCUT2D eigenvalue weighted by Gasteiger charge is 2.43. The van der Waals surface area contributed by atoms with Crippen molar-refractivity contribution < 1.29 is 24.2 Å². The molecule has 0 aromatic heterocycles. The zero-order valence-corrected chi connectivity index (χ0v) is 19.5. The Balaban J connectivity index is 1.17. The predicted octanol–water partition coefficient (Wildman–Crippen LogP) is 4.46. The second-order valence-corrected chi connectivity index (χ2v) is 9.52. The molecule has 2 amide bonds. The molecule has 2 aliphatic rings. The average Bonchev–Trinajstić information content (AvgIpc) is 3.61. The number of carboxylic acid groups (broad SMARTS) is 1. The van der Waals surface area contributed by atoms with Gasteiger partial charge < -0.3 is 20.5 Å². The van der Waals surface area contributed by atoms with Gasteiger partial charge >= 0.3 is 12.1 Å². The predicted molar refractivity (Wildman–Crippen MR) is 128 cm³/mol. The van der Waals surface area contributed by atoms with Crippen molar-refractivity contribution in [2.75, 3.05) is 13.2 Å². The second-order valence-electron chi connectivity index (χ2n) is 9.52. The Kier molecular flexibility index (Phi) is 7.20. The average molecular weight is 465 g/mol. The number of unbranched alkanes of at least 4 members (excludes halogenated alkanes) is 1. The van der Waals surface area contributed by atoms with E-state index in [-0.39, 0.29) is 30.8 Å². The lowest BCUT2D eigenvalue weighted by atomic mass is 9.91. The number of hydrogen-bond acceptors (Lipinski definition) is 4. The van der Waals surface area contributed by atoms with Crippen molar-refractivity contribution in [1.29, 1.82) is 0 Å². The van der Waals surface area contributed by atoms with Gasteiger partial charge in [-0.05, 0) is 60.8 Å². The molecule has 1 unspecified atom stereocenters. The summed E-state index contributed by atoms with van der Waals surface area (Å²) in [6, 6.07) is 16.4. The molecule has 0 heterocycles. The molecule has 2 aromatic carbocycles. The summed E-state index contributed by atoms with van der Waals surface area (Å²) >= 11 is 0. The van der Waals surface area contributed by atoms with Crippen LogP contribution in [0.1, 0.15) is 62.5 Å². The first-order chi connectivity index (χ1) is 16.4. The smallest absolute Gasteiger partial charge is 0.407 e. The molecule has 0 bridgehead atoms. The van der Waals surface area contributed by atoms with Gasteiger partial charge in [0, 0.05) is 18.9 Å². The molecule has 180 valence electrons. The maximum absolute atomic E-state index is 12.3. The molecule has 2 aromatic rings. The minimum absolute atomic E-state index is 0.0217. The lowest BCUT2D eigenvalue weighted by Gasteiger charge is -2.29. The molecule has 1 saturated carbocycles. The quantitative estimate of drug-likeness (QED) is 0.426. The van der Waals surface area contributed by atoms with Gasteiger partial charge in [-0.25, -0.2) is 4.79 Å². The molecule has 0 radical (unpaired) electrons. The highest BCUT2D eigenvalue weighted by molar-refractivity contribution is 5.79.